The number of esters is 1. The molecule has 0 atom stereocenters. The van der Waals surface area contributed by atoms with E-state index in [1.165, 1.54) is 6.92 Å². The molecule has 0 aromatic rings. The molecule has 0 amide bonds. The van der Waals surface area contributed by atoms with E-state index in [4.69, 9.17) is 4.74 Å². The van der Waals surface area contributed by atoms with Crippen molar-refractivity contribution in [2.75, 3.05) is 0 Å². The predicted octanol–water partition coefficient (Wildman–Crippen LogP) is 2.25. The molecule has 0 aromatic carbocycles. The summed E-state index contributed by atoms with van der Waals surface area (Å²) in [5, 5.41) is 3.59. The van der Waals surface area contributed by atoms with Gasteiger partial charge < -0.3 is 10.1 Å². The van der Waals surface area contributed by atoms with Gasteiger partial charge in [-0.15, -0.1) is 0 Å². The zero-order valence-electron chi connectivity index (χ0n) is 10.3. The molecule has 0 saturated heterocycles. The van der Waals surface area contributed by atoms with Gasteiger partial charge in [-0.1, -0.05) is 0 Å². The van der Waals surface area contributed by atoms with Crippen LogP contribution in [0.25, 0.3) is 0 Å². The Bertz CT molecular complexity index is 212. The van der Waals surface area contributed by atoms with Gasteiger partial charge in [0.1, 0.15) is 6.10 Å². The molecule has 3 nitrogen and oxygen atoms in total. The third kappa shape index (κ3) is 5.17. The summed E-state index contributed by atoms with van der Waals surface area (Å²) in [6.45, 7) is 8.04. The van der Waals surface area contributed by atoms with Gasteiger partial charge in [0.25, 0.3) is 0 Å². The van der Waals surface area contributed by atoms with Gasteiger partial charge in [-0.05, 0) is 46.5 Å². The van der Waals surface area contributed by atoms with Gasteiger partial charge in [-0.25, -0.2) is 0 Å². The van der Waals surface area contributed by atoms with Crippen molar-refractivity contribution in [3.63, 3.8) is 0 Å². The molecule has 0 spiro atoms. The first-order valence-electron chi connectivity index (χ1n) is 5.82. The Balaban J connectivity index is 2.27. The zero-order chi connectivity index (χ0) is 11.5. The van der Waals surface area contributed by atoms with Crippen LogP contribution < -0.4 is 5.32 Å². The molecule has 1 fully saturated rings. The number of rotatable bonds is 2. The second kappa shape index (κ2) is 4.97. The normalized spacial score (nSPS) is 27.5. The molecule has 15 heavy (non-hydrogen) atoms. The summed E-state index contributed by atoms with van der Waals surface area (Å²) in [5.74, 6) is -0.151. The highest BCUT2D eigenvalue weighted by atomic mass is 16.5. The summed E-state index contributed by atoms with van der Waals surface area (Å²) in [6, 6.07) is 0.580. The van der Waals surface area contributed by atoms with E-state index in [0.29, 0.717) is 6.04 Å². The van der Waals surface area contributed by atoms with Crippen molar-refractivity contribution in [1.29, 1.82) is 0 Å². The van der Waals surface area contributed by atoms with Crippen molar-refractivity contribution >= 4 is 5.97 Å². The fraction of sp³-hybridized carbons (Fsp3) is 0.917. The zero-order valence-corrected chi connectivity index (χ0v) is 10.3. The summed E-state index contributed by atoms with van der Waals surface area (Å²) in [4.78, 5) is 10.8. The average Bonchev–Trinajstić information content (AvgIpc) is 2.05. The van der Waals surface area contributed by atoms with E-state index >= 15 is 0 Å². The van der Waals surface area contributed by atoms with E-state index in [0.717, 1.165) is 25.7 Å². The van der Waals surface area contributed by atoms with E-state index in [1.807, 2.05) is 0 Å². The molecule has 1 aliphatic rings. The van der Waals surface area contributed by atoms with Gasteiger partial charge in [0, 0.05) is 18.5 Å². The Hall–Kier alpha value is -0.570. The van der Waals surface area contributed by atoms with Gasteiger partial charge in [-0.2, -0.15) is 0 Å². The molecule has 1 aliphatic carbocycles. The quantitative estimate of drug-likeness (QED) is 0.715. The molecule has 0 unspecified atom stereocenters. The number of ether oxygens (including phenoxy) is 1. The summed E-state index contributed by atoms with van der Waals surface area (Å²) >= 11 is 0. The fourth-order valence-electron chi connectivity index (χ4n) is 2.17. The largest absolute Gasteiger partial charge is 0.463 e. The topological polar surface area (TPSA) is 38.3 Å². The van der Waals surface area contributed by atoms with Crippen LogP contribution in [0.1, 0.15) is 53.4 Å². The molecule has 0 heterocycles. The van der Waals surface area contributed by atoms with Crippen LogP contribution in [0.2, 0.25) is 0 Å². The van der Waals surface area contributed by atoms with Gasteiger partial charge >= 0.3 is 5.97 Å². The smallest absolute Gasteiger partial charge is 0.302 e. The van der Waals surface area contributed by atoms with E-state index in [2.05, 4.69) is 26.1 Å². The van der Waals surface area contributed by atoms with E-state index < -0.39 is 0 Å². The monoisotopic (exact) mass is 213 g/mol. The Labute approximate surface area is 92.6 Å². The highest BCUT2D eigenvalue weighted by Gasteiger charge is 2.25. The van der Waals surface area contributed by atoms with Crippen LogP contribution in [0.3, 0.4) is 0 Å². The number of nitrogens with one attached hydrogen (secondary N) is 1. The maximum absolute atomic E-state index is 10.8. The summed E-state index contributed by atoms with van der Waals surface area (Å²) in [5.41, 5.74) is 0.180. The standard InChI is InChI=1S/C12H23NO2/c1-9(14)15-11-7-5-10(6-8-11)13-12(2,3)4/h10-11,13H,5-8H2,1-4H3/t10-,11-. The van der Waals surface area contributed by atoms with Crippen LogP contribution in [-0.2, 0) is 9.53 Å². The van der Waals surface area contributed by atoms with Crippen molar-refractivity contribution in [2.24, 2.45) is 0 Å². The van der Waals surface area contributed by atoms with Crippen LogP contribution in [0.5, 0.6) is 0 Å². The fourth-order valence-corrected chi connectivity index (χ4v) is 2.17. The predicted molar refractivity (Wildman–Crippen MR) is 60.7 cm³/mol. The average molecular weight is 213 g/mol. The van der Waals surface area contributed by atoms with Gasteiger partial charge in [0.15, 0.2) is 0 Å². The minimum Gasteiger partial charge on any atom is -0.463 e. The number of carbonyl (C=O) groups excluding carboxylic acids is 1. The molecule has 3 heteroatoms. The number of hydrogen-bond donors (Lipinski definition) is 1. The molecular weight excluding hydrogens is 190 g/mol. The van der Waals surface area contributed by atoms with Gasteiger partial charge in [0.2, 0.25) is 0 Å². The molecule has 0 aromatic heterocycles. The van der Waals surface area contributed by atoms with Crippen molar-refractivity contribution in [3.05, 3.63) is 0 Å². The lowest BCUT2D eigenvalue weighted by Gasteiger charge is -2.33. The van der Waals surface area contributed by atoms with Gasteiger partial charge in [-0.3, -0.25) is 4.79 Å². The highest BCUT2D eigenvalue weighted by Crippen LogP contribution is 2.22. The lowest BCUT2D eigenvalue weighted by atomic mass is 9.91. The highest BCUT2D eigenvalue weighted by molar-refractivity contribution is 5.66. The summed E-state index contributed by atoms with van der Waals surface area (Å²) in [6.07, 6.45) is 4.35. The lowest BCUT2D eigenvalue weighted by molar-refractivity contribution is -0.148. The Kier molecular flexibility index (Phi) is 4.14. The molecule has 0 radical (unpaired) electrons. The van der Waals surface area contributed by atoms with Crippen molar-refractivity contribution in [2.45, 2.75) is 71.1 Å². The third-order valence-corrected chi connectivity index (χ3v) is 2.64. The van der Waals surface area contributed by atoms with Crippen molar-refractivity contribution < 1.29 is 9.53 Å². The number of hydrogen-bond acceptors (Lipinski definition) is 3. The third-order valence-electron chi connectivity index (χ3n) is 2.64. The van der Waals surface area contributed by atoms with Crippen LogP contribution >= 0.6 is 0 Å². The first kappa shape index (κ1) is 12.5. The lowest BCUT2D eigenvalue weighted by Crippen LogP contribution is -2.46. The first-order valence-corrected chi connectivity index (χ1v) is 5.82. The molecule has 1 rings (SSSR count). The van der Waals surface area contributed by atoms with Crippen molar-refractivity contribution in [3.8, 4) is 0 Å². The van der Waals surface area contributed by atoms with Crippen LogP contribution in [0.15, 0.2) is 0 Å². The van der Waals surface area contributed by atoms with E-state index in [1.54, 1.807) is 0 Å². The van der Waals surface area contributed by atoms with Crippen LogP contribution in [-0.4, -0.2) is 23.7 Å². The number of carbonyl (C=O) groups is 1. The van der Waals surface area contributed by atoms with Crippen LogP contribution in [0.4, 0.5) is 0 Å². The summed E-state index contributed by atoms with van der Waals surface area (Å²) in [7, 11) is 0. The second-order valence-electron chi connectivity index (χ2n) is 5.48. The minimum atomic E-state index is -0.151. The molecule has 1 saturated carbocycles. The SMILES string of the molecule is CC(=O)O[C@H]1CC[C@H](NC(C)(C)C)CC1. The Morgan fingerprint density at radius 1 is 1.20 bits per heavy atom. The molecular formula is C12H23NO2. The maximum atomic E-state index is 10.8. The van der Waals surface area contributed by atoms with Crippen molar-refractivity contribution in [1.82, 2.24) is 5.32 Å². The maximum Gasteiger partial charge on any atom is 0.302 e. The van der Waals surface area contributed by atoms with E-state index in [-0.39, 0.29) is 17.6 Å². The van der Waals surface area contributed by atoms with E-state index in [9.17, 15) is 4.79 Å². The first-order chi connectivity index (χ1) is 6.87. The molecule has 88 valence electrons. The molecule has 0 aliphatic heterocycles. The Morgan fingerprint density at radius 2 is 1.73 bits per heavy atom. The summed E-state index contributed by atoms with van der Waals surface area (Å²) < 4.78 is 5.20. The van der Waals surface area contributed by atoms with Gasteiger partial charge in [0.05, 0.1) is 0 Å². The second-order valence-corrected chi connectivity index (χ2v) is 5.48. The Morgan fingerprint density at radius 3 is 2.13 bits per heavy atom. The van der Waals surface area contributed by atoms with Crippen LogP contribution in [0, 0.1) is 0 Å². The molecule has 0 bridgehead atoms. The minimum absolute atomic E-state index is 0.151. The molecule has 1 N–H and O–H groups in total.